The lowest BCUT2D eigenvalue weighted by molar-refractivity contribution is 0.0991. The summed E-state index contributed by atoms with van der Waals surface area (Å²) in [6.45, 7) is -0.160. The monoisotopic (exact) mass is 264 g/mol. The van der Waals surface area contributed by atoms with E-state index < -0.39 is 0 Å². The summed E-state index contributed by atoms with van der Waals surface area (Å²) in [6.07, 6.45) is 4.91. The molecular formula is C12H12N2O3S. The van der Waals surface area contributed by atoms with Crippen molar-refractivity contribution in [2.24, 2.45) is 0 Å². The molecule has 2 aromatic heterocycles. The first-order chi connectivity index (χ1) is 8.74. The molecule has 2 aromatic rings. The lowest BCUT2D eigenvalue weighted by Crippen LogP contribution is -2.12. The maximum atomic E-state index is 11.9. The predicted molar refractivity (Wildman–Crippen MR) is 68.6 cm³/mol. The summed E-state index contributed by atoms with van der Waals surface area (Å²) in [4.78, 5) is 15.8. The minimum Gasteiger partial charge on any atom is -0.445 e. The van der Waals surface area contributed by atoms with E-state index in [-0.39, 0.29) is 18.3 Å². The van der Waals surface area contributed by atoms with Gasteiger partial charge in [-0.3, -0.25) is 9.78 Å². The molecule has 0 saturated carbocycles. The van der Waals surface area contributed by atoms with Gasteiger partial charge < -0.3 is 14.8 Å². The van der Waals surface area contributed by atoms with Gasteiger partial charge in [0, 0.05) is 11.8 Å². The molecule has 0 atom stereocenters. The smallest absolute Gasteiger partial charge is 0.291 e. The Labute approximate surface area is 108 Å². The summed E-state index contributed by atoms with van der Waals surface area (Å²) in [6, 6.07) is 4.98. The van der Waals surface area contributed by atoms with E-state index in [1.54, 1.807) is 24.4 Å². The number of anilines is 1. The van der Waals surface area contributed by atoms with Crippen LogP contribution >= 0.6 is 11.8 Å². The van der Waals surface area contributed by atoms with Crippen LogP contribution in [0, 0.1) is 0 Å². The van der Waals surface area contributed by atoms with Crippen LogP contribution in [0.15, 0.2) is 40.1 Å². The maximum Gasteiger partial charge on any atom is 0.291 e. The summed E-state index contributed by atoms with van der Waals surface area (Å²) in [5, 5.41) is 12.5. The zero-order valence-corrected chi connectivity index (χ0v) is 10.5. The number of furan rings is 1. The largest absolute Gasteiger partial charge is 0.445 e. The van der Waals surface area contributed by atoms with Gasteiger partial charge in [0.15, 0.2) is 10.9 Å². The zero-order chi connectivity index (χ0) is 13.0. The topological polar surface area (TPSA) is 75.4 Å². The summed E-state index contributed by atoms with van der Waals surface area (Å²) in [7, 11) is 0. The molecule has 0 bridgehead atoms. The second-order valence-electron chi connectivity index (χ2n) is 3.47. The molecule has 2 N–H and O–H groups in total. The van der Waals surface area contributed by atoms with Crippen LogP contribution in [-0.4, -0.2) is 22.3 Å². The number of hydrogen-bond acceptors (Lipinski definition) is 5. The van der Waals surface area contributed by atoms with E-state index in [2.05, 4.69) is 10.3 Å². The number of pyridine rings is 1. The molecule has 1 amide bonds. The fraction of sp³-hybridized carbons (Fsp3) is 0.167. The Kier molecular flexibility index (Phi) is 4.01. The average Bonchev–Trinajstić information content (AvgIpc) is 2.88. The number of rotatable bonds is 4. The third-order valence-corrected chi connectivity index (χ3v) is 2.96. The van der Waals surface area contributed by atoms with E-state index in [4.69, 9.17) is 9.52 Å². The molecule has 2 heterocycles. The second kappa shape index (κ2) is 5.70. The third-order valence-electron chi connectivity index (χ3n) is 2.34. The minimum absolute atomic E-state index is 0.160. The van der Waals surface area contributed by atoms with Crippen LogP contribution in [0.2, 0.25) is 0 Å². The second-order valence-corrected chi connectivity index (χ2v) is 4.28. The number of carbonyl (C=O) groups excluding carboxylic acids is 1. The predicted octanol–water partition coefficient (Wildman–Crippen LogP) is 2.14. The van der Waals surface area contributed by atoms with Gasteiger partial charge in [-0.1, -0.05) is 11.8 Å². The fourth-order valence-corrected chi connectivity index (χ4v) is 1.79. The summed E-state index contributed by atoms with van der Waals surface area (Å²) < 4.78 is 5.31. The first-order valence-corrected chi connectivity index (χ1v) is 6.46. The number of aromatic nitrogens is 1. The van der Waals surface area contributed by atoms with Crippen molar-refractivity contribution < 1.29 is 14.3 Å². The van der Waals surface area contributed by atoms with Crippen LogP contribution in [0.3, 0.4) is 0 Å². The molecule has 0 fully saturated rings. The Balaban J connectivity index is 2.16. The fourth-order valence-electron chi connectivity index (χ4n) is 1.41. The molecule has 0 aliphatic carbocycles. The molecule has 18 heavy (non-hydrogen) atoms. The Morgan fingerprint density at radius 1 is 1.50 bits per heavy atom. The normalized spacial score (nSPS) is 10.3. The van der Waals surface area contributed by atoms with Crippen molar-refractivity contribution >= 4 is 23.4 Å². The highest BCUT2D eigenvalue weighted by molar-refractivity contribution is 7.98. The highest BCUT2D eigenvalue weighted by Gasteiger charge is 2.12. The molecule has 0 aliphatic rings. The quantitative estimate of drug-likeness (QED) is 0.827. The Bertz CT molecular complexity index is 554. The van der Waals surface area contributed by atoms with Gasteiger partial charge in [0.1, 0.15) is 0 Å². The summed E-state index contributed by atoms with van der Waals surface area (Å²) in [5.41, 5.74) is 1.09. The molecule has 5 nitrogen and oxygen atoms in total. The van der Waals surface area contributed by atoms with E-state index in [9.17, 15) is 4.79 Å². The molecule has 2 rings (SSSR count). The van der Waals surface area contributed by atoms with Crippen molar-refractivity contribution in [2.45, 2.75) is 11.7 Å². The molecule has 0 radical (unpaired) electrons. The number of nitrogens with one attached hydrogen (secondary N) is 1. The van der Waals surface area contributed by atoms with Gasteiger partial charge in [-0.05, 0) is 24.5 Å². The van der Waals surface area contributed by atoms with Gasteiger partial charge in [0.05, 0.1) is 18.5 Å². The number of aliphatic hydroxyl groups excluding tert-OH is 1. The number of aliphatic hydroxyl groups is 1. The van der Waals surface area contributed by atoms with Crippen LogP contribution in [0.25, 0.3) is 0 Å². The van der Waals surface area contributed by atoms with E-state index in [0.29, 0.717) is 16.3 Å². The minimum atomic E-state index is -0.363. The molecule has 0 unspecified atom stereocenters. The zero-order valence-electron chi connectivity index (χ0n) is 9.71. The lowest BCUT2D eigenvalue weighted by atomic mass is 10.2. The first kappa shape index (κ1) is 12.7. The number of hydrogen-bond donors (Lipinski definition) is 2. The standard InChI is InChI=1S/C12H12N2O3S/c1-18-11-3-2-10(17-11)12(16)14-9-6-13-5-4-8(9)7-15/h2-6,15H,7H2,1H3,(H,14,16). The third kappa shape index (κ3) is 2.72. The van der Waals surface area contributed by atoms with Crippen LogP contribution in [0.1, 0.15) is 16.1 Å². The van der Waals surface area contributed by atoms with Gasteiger partial charge in [-0.15, -0.1) is 0 Å². The van der Waals surface area contributed by atoms with Crippen molar-refractivity contribution in [2.75, 3.05) is 11.6 Å². The molecule has 0 spiro atoms. The molecule has 6 heteroatoms. The molecule has 94 valence electrons. The van der Waals surface area contributed by atoms with Gasteiger partial charge in [-0.2, -0.15) is 0 Å². The van der Waals surface area contributed by atoms with E-state index in [1.165, 1.54) is 18.0 Å². The highest BCUT2D eigenvalue weighted by atomic mass is 32.2. The van der Waals surface area contributed by atoms with E-state index in [0.717, 1.165) is 0 Å². The van der Waals surface area contributed by atoms with Crippen molar-refractivity contribution in [3.8, 4) is 0 Å². The van der Waals surface area contributed by atoms with Crippen molar-refractivity contribution in [1.82, 2.24) is 4.98 Å². The Morgan fingerprint density at radius 3 is 3.00 bits per heavy atom. The van der Waals surface area contributed by atoms with Crippen LogP contribution < -0.4 is 5.32 Å². The summed E-state index contributed by atoms with van der Waals surface area (Å²) >= 11 is 1.42. The Morgan fingerprint density at radius 2 is 2.33 bits per heavy atom. The number of carbonyl (C=O) groups is 1. The number of nitrogens with zero attached hydrogens (tertiary/aromatic N) is 1. The molecule has 0 saturated heterocycles. The van der Waals surface area contributed by atoms with Crippen LogP contribution in [-0.2, 0) is 6.61 Å². The number of thioether (sulfide) groups is 1. The van der Waals surface area contributed by atoms with Gasteiger partial charge in [-0.25, -0.2) is 0 Å². The molecule has 0 aromatic carbocycles. The van der Waals surface area contributed by atoms with E-state index in [1.807, 2.05) is 6.26 Å². The number of amides is 1. The highest BCUT2D eigenvalue weighted by Crippen LogP contribution is 2.20. The Hall–Kier alpha value is -1.79. The SMILES string of the molecule is CSc1ccc(C(=O)Nc2cnccc2CO)o1. The average molecular weight is 264 g/mol. The van der Waals surface area contributed by atoms with Crippen molar-refractivity contribution in [3.63, 3.8) is 0 Å². The van der Waals surface area contributed by atoms with E-state index >= 15 is 0 Å². The summed E-state index contributed by atoms with van der Waals surface area (Å²) in [5.74, 6) is -0.134. The van der Waals surface area contributed by atoms with Crippen LogP contribution in [0.5, 0.6) is 0 Å². The van der Waals surface area contributed by atoms with Gasteiger partial charge in [0.25, 0.3) is 5.91 Å². The van der Waals surface area contributed by atoms with Gasteiger partial charge >= 0.3 is 0 Å². The molecular weight excluding hydrogens is 252 g/mol. The van der Waals surface area contributed by atoms with Crippen molar-refractivity contribution in [3.05, 3.63) is 41.9 Å². The van der Waals surface area contributed by atoms with Crippen molar-refractivity contribution in [1.29, 1.82) is 0 Å². The molecule has 0 aliphatic heterocycles. The van der Waals surface area contributed by atoms with Crippen LogP contribution in [0.4, 0.5) is 5.69 Å². The first-order valence-electron chi connectivity index (χ1n) is 5.23. The maximum absolute atomic E-state index is 11.9. The van der Waals surface area contributed by atoms with Gasteiger partial charge in [0.2, 0.25) is 0 Å². The lowest BCUT2D eigenvalue weighted by Gasteiger charge is -2.06.